The van der Waals surface area contributed by atoms with Gasteiger partial charge in [0.2, 0.25) is 0 Å². The number of thioether (sulfide) groups is 1. The zero-order valence-electron chi connectivity index (χ0n) is 15.9. The fraction of sp³-hybridized carbons (Fsp3) is 0.368. The number of allylic oxidation sites excluding steroid dienone is 1. The van der Waals surface area contributed by atoms with Crippen molar-refractivity contribution in [3.63, 3.8) is 0 Å². The lowest BCUT2D eigenvalue weighted by molar-refractivity contribution is -0.407. The van der Waals surface area contributed by atoms with Crippen molar-refractivity contribution in [2.24, 2.45) is 10.9 Å². The third-order valence-corrected chi connectivity index (χ3v) is 6.01. The van der Waals surface area contributed by atoms with Crippen molar-refractivity contribution >= 4 is 41.4 Å². The first kappa shape index (κ1) is 19.9. The largest absolute Gasteiger partial charge is 0.445 e. The summed E-state index contributed by atoms with van der Waals surface area (Å²) in [7, 11) is 3.08. The lowest BCUT2D eigenvalue weighted by Gasteiger charge is -2.28. The monoisotopic (exact) mass is 401 g/mol. The number of imide groups is 1. The number of dihydropyridines is 1. The number of nitro groups is 1. The molecule has 1 aromatic carbocycles. The van der Waals surface area contributed by atoms with E-state index in [0.29, 0.717) is 11.6 Å². The minimum atomic E-state index is -0.622. The van der Waals surface area contributed by atoms with Crippen molar-refractivity contribution in [2.75, 3.05) is 14.1 Å². The second-order valence-corrected chi connectivity index (χ2v) is 7.66. The van der Waals surface area contributed by atoms with Gasteiger partial charge in [0.15, 0.2) is 5.92 Å². The SMILES string of the molecule is CCCC1=C(SCc2cccc([N+](=O)[O-])c2)C2C(=O)N(C)C(=O)[N+](C)=C2N=C1. The Bertz CT molecular complexity index is 951. The summed E-state index contributed by atoms with van der Waals surface area (Å²) < 4.78 is 1.40. The molecule has 9 heteroatoms. The molecule has 8 nitrogen and oxygen atoms in total. The van der Waals surface area contributed by atoms with Crippen molar-refractivity contribution in [1.29, 1.82) is 0 Å². The van der Waals surface area contributed by atoms with Gasteiger partial charge < -0.3 is 0 Å². The maximum atomic E-state index is 12.9. The highest BCUT2D eigenvalue weighted by Crippen LogP contribution is 2.37. The van der Waals surface area contributed by atoms with Gasteiger partial charge >= 0.3 is 11.9 Å². The Morgan fingerprint density at radius 3 is 2.79 bits per heavy atom. The minimum Gasteiger partial charge on any atom is -0.258 e. The molecule has 0 aliphatic carbocycles. The normalized spacial score (nSPS) is 19.4. The number of hydrogen-bond acceptors (Lipinski definition) is 6. The average molecular weight is 401 g/mol. The topological polar surface area (TPSA) is 95.9 Å². The molecule has 0 bridgehead atoms. The van der Waals surface area contributed by atoms with Gasteiger partial charge in [-0.15, -0.1) is 16.8 Å². The van der Waals surface area contributed by atoms with Gasteiger partial charge in [0.05, 0.1) is 19.0 Å². The van der Waals surface area contributed by atoms with Gasteiger partial charge in [-0.25, -0.2) is 4.79 Å². The molecule has 0 aromatic heterocycles. The summed E-state index contributed by atoms with van der Waals surface area (Å²) in [5, 5.41) is 11.0. The Kier molecular flexibility index (Phi) is 5.73. The van der Waals surface area contributed by atoms with E-state index in [0.717, 1.165) is 33.8 Å². The van der Waals surface area contributed by atoms with Crippen molar-refractivity contribution < 1.29 is 19.1 Å². The maximum Gasteiger partial charge on any atom is 0.445 e. The number of fused-ring (bicyclic) bond motifs is 1. The Labute approximate surface area is 166 Å². The van der Waals surface area contributed by atoms with E-state index in [1.807, 2.05) is 13.0 Å². The predicted octanol–water partition coefficient (Wildman–Crippen LogP) is 3.22. The van der Waals surface area contributed by atoms with Crippen LogP contribution in [-0.4, -0.2) is 52.5 Å². The fourth-order valence-electron chi connectivity index (χ4n) is 3.25. The first-order valence-electron chi connectivity index (χ1n) is 8.90. The molecule has 0 saturated heterocycles. The van der Waals surface area contributed by atoms with Crippen LogP contribution in [0.5, 0.6) is 0 Å². The van der Waals surface area contributed by atoms with E-state index < -0.39 is 16.9 Å². The lowest BCUT2D eigenvalue weighted by atomic mass is 9.96. The van der Waals surface area contributed by atoms with Gasteiger partial charge in [0, 0.05) is 22.8 Å². The third-order valence-electron chi connectivity index (χ3n) is 4.72. The van der Waals surface area contributed by atoms with Crippen LogP contribution in [0.25, 0.3) is 0 Å². The number of amidine groups is 1. The van der Waals surface area contributed by atoms with E-state index >= 15 is 0 Å². The highest BCUT2D eigenvalue weighted by atomic mass is 32.2. The highest BCUT2D eigenvalue weighted by Gasteiger charge is 2.48. The molecule has 0 spiro atoms. The number of benzene rings is 1. The molecule has 0 radical (unpaired) electrons. The third kappa shape index (κ3) is 3.62. The standard InChI is InChI=1S/C19H21N4O4S/c1-4-6-13-10-20-17-15(18(24)22(3)19(25)21(17)2)16(13)28-11-12-7-5-8-14(9-12)23(26)27/h5,7-10,15H,4,6,11H2,1-3H3/q+1. The minimum absolute atomic E-state index is 0.0390. The van der Waals surface area contributed by atoms with Crippen LogP contribution in [0.4, 0.5) is 10.5 Å². The molecule has 146 valence electrons. The van der Waals surface area contributed by atoms with Crippen LogP contribution in [0.3, 0.4) is 0 Å². The number of carbonyl (C=O) groups is 2. The Hall–Kier alpha value is -2.81. The lowest BCUT2D eigenvalue weighted by Crippen LogP contribution is -2.52. The molecule has 2 aliphatic rings. The Morgan fingerprint density at radius 1 is 1.36 bits per heavy atom. The summed E-state index contributed by atoms with van der Waals surface area (Å²) in [6, 6.07) is 6.07. The van der Waals surface area contributed by atoms with E-state index in [1.165, 1.54) is 29.5 Å². The summed E-state index contributed by atoms with van der Waals surface area (Å²) >= 11 is 1.47. The molecular formula is C19H21N4O4S+. The van der Waals surface area contributed by atoms with E-state index in [4.69, 9.17) is 0 Å². The molecule has 2 heterocycles. The molecule has 3 amide bonds. The molecule has 1 aromatic rings. The van der Waals surface area contributed by atoms with Crippen molar-refractivity contribution in [2.45, 2.75) is 25.5 Å². The van der Waals surface area contributed by atoms with Gasteiger partial charge in [-0.1, -0.05) is 25.5 Å². The summed E-state index contributed by atoms with van der Waals surface area (Å²) in [6.07, 6.45) is 3.38. The number of amides is 3. The van der Waals surface area contributed by atoms with Crippen LogP contribution < -0.4 is 0 Å². The van der Waals surface area contributed by atoms with E-state index in [2.05, 4.69) is 4.99 Å². The summed E-state index contributed by atoms with van der Waals surface area (Å²) in [5.41, 5.74) is 1.81. The number of aliphatic imine (C=N–C) groups is 1. The zero-order chi connectivity index (χ0) is 20.4. The molecule has 0 fully saturated rings. The van der Waals surface area contributed by atoms with Crippen LogP contribution in [0, 0.1) is 16.0 Å². The van der Waals surface area contributed by atoms with Crippen LogP contribution in [-0.2, 0) is 10.5 Å². The van der Waals surface area contributed by atoms with Crippen molar-refractivity contribution in [3.05, 3.63) is 50.4 Å². The highest BCUT2D eigenvalue weighted by molar-refractivity contribution is 8.02. The number of nitro benzene ring substituents is 1. The zero-order valence-corrected chi connectivity index (χ0v) is 16.7. The predicted molar refractivity (Wildman–Crippen MR) is 108 cm³/mol. The first-order chi connectivity index (χ1) is 13.3. The number of rotatable bonds is 6. The van der Waals surface area contributed by atoms with Gasteiger partial charge in [-0.05, 0) is 17.6 Å². The van der Waals surface area contributed by atoms with Crippen molar-refractivity contribution in [3.8, 4) is 0 Å². The number of carbonyl (C=O) groups excluding carboxylic acids is 2. The molecule has 0 saturated carbocycles. The maximum absolute atomic E-state index is 12.9. The summed E-state index contributed by atoms with van der Waals surface area (Å²) in [5.74, 6) is -0.0150. The van der Waals surface area contributed by atoms with E-state index in [-0.39, 0.29) is 11.6 Å². The molecule has 3 rings (SSSR count). The van der Waals surface area contributed by atoms with Gasteiger partial charge in [0.1, 0.15) is 6.21 Å². The first-order valence-corrected chi connectivity index (χ1v) is 9.89. The number of nitrogens with zero attached hydrogens (tertiary/aromatic N) is 4. The van der Waals surface area contributed by atoms with Crippen LogP contribution in [0.15, 0.2) is 39.7 Å². The molecule has 28 heavy (non-hydrogen) atoms. The Morgan fingerprint density at radius 2 is 2.11 bits per heavy atom. The second kappa shape index (κ2) is 8.05. The average Bonchev–Trinajstić information content (AvgIpc) is 2.69. The molecule has 1 unspecified atom stereocenters. The number of urea groups is 1. The summed E-state index contributed by atoms with van der Waals surface area (Å²) in [6.45, 7) is 2.05. The van der Waals surface area contributed by atoms with Gasteiger partial charge in [0.25, 0.3) is 11.5 Å². The van der Waals surface area contributed by atoms with Crippen LogP contribution in [0.2, 0.25) is 0 Å². The second-order valence-electron chi connectivity index (χ2n) is 6.64. The quantitative estimate of drug-likeness (QED) is 0.414. The van der Waals surface area contributed by atoms with Crippen molar-refractivity contribution in [1.82, 2.24) is 4.90 Å². The van der Waals surface area contributed by atoms with Crippen LogP contribution >= 0.6 is 11.8 Å². The molecule has 0 N–H and O–H groups in total. The van der Waals surface area contributed by atoms with E-state index in [1.54, 1.807) is 25.4 Å². The molecule has 2 aliphatic heterocycles. The fourth-order valence-corrected chi connectivity index (χ4v) is 4.47. The van der Waals surface area contributed by atoms with Crippen LogP contribution in [0.1, 0.15) is 25.3 Å². The van der Waals surface area contributed by atoms with E-state index in [9.17, 15) is 19.7 Å². The Balaban J connectivity index is 1.96. The van der Waals surface area contributed by atoms with Gasteiger partial charge in [-0.2, -0.15) is 9.48 Å². The molecule has 1 atom stereocenters. The van der Waals surface area contributed by atoms with Gasteiger partial charge in [-0.3, -0.25) is 14.9 Å². The smallest absolute Gasteiger partial charge is 0.258 e. The summed E-state index contributed by atoms with van der Waals surface area (Å²) in [4.78, 5) is 42.1. The molecular weight excluding hydrogens is 380 g/mol. The number of hydrogen-bond donors (Lipinski definition) is 0. The number of non-ortho nitro benzene ring substituents is 1.